The number of carbonyl (C=O) groups is 1. The molecule has 1 unspecified atom stereocenters. The van der Waals surface area contributed by atoms with Crippen molar-refractivity contribution in [2.24, 2.45) is 0 Å². The van der Waals surface area contributed by atoms with Gasteiger partial charge in [-0.05, 0) is 17.7 Å². The zero-order valence-electron chi connectivity index (χ0n) is 9.48. The van der Waals surface area contributed by atoms with Crippen LogP contribution < -0.4 is 10.6 Å². The van der Waals surface area contributed by atoms with Gasteiger partial charge in [-0.15, -0.1) is 0 Å². The molecule has 3 nitrogen and oxygen atoms in total. The van der Waals surface area contributed by atoms with E-state index in [0.717, 1.165) is 11.1 Å². The number of hydrogen-bond acceptors (Lipinski definition) is 1. The van der Waals surface area contributed by atoms with Gasteiger partial charge in [0.05, 0.1) is 11.7 Å². The highest BCUT2D eigenvalue weighted by molar-refractivity contribution is 5.93. The highest BCUT2D eigenvalue weighted by Gasteiger charge is 2.25. The fourth-order valence-corrected chi connectivity index (χ4v) is 2.16. The number of hydrogen-bond donors (Lipinski definition) is 2. The number of nitrogens with one attached hydrogen (secondary N) is 2. The van der Waals surface area contributed by atoms with Gasteiger partial charge < -0.3 is 10.6 Å². The molecule has 90 valence electrons. The van der Waals surface area contributed by atoms with Crippen molar-refractivity contribution in [2.75, 3.05) is 5.32 Å². The van der Waals surface area contributed by atoms with Crippen LogP contribution in [-0.4, -0.2) is 6.03 Å². The van der Waals surface area contributed by atoms with Gasteiger partial charge in [-0.25, -0.2) is 9.18 Å². The average molecular weight is 242 g/mol. The topological polar surface area (TPSA) is 41.1 Å². The summed E-state index contributed by atoms with van der Waals surface area (Å²) < 4.78 is 13.2. The van der Waals surface area contributed by atoms with Crippen molar-refractivity contribution in [3.8, 4) is 0 Å². The molecular weight excluding hydrogens is 231 g/mol. The van der Waals surface area contributed by atoms with E-state index in [9.17, 15) is 9.18 Å². The lowest BCUT2D eigenvalue weighted by atomic mass is 9.96. The predicted molar refractivity (Wildman–Crippen MR) is 66.8 cm³/mol. The van der Waals surface area contributed by atoms with E-state index in [-0.39, 0.29) is 17.9 Å². The molecule has 2 N–H and O–H groups in total. The molecule has 0 fully saturated rings. The molecule has 1 aliphatic rings. The summed E-state index contributed by atoms with van der Waals surface area (Å²) in [4.78, 5) is 11.6. The molecule has 0 saturated carbocycles. The minimum Gasteiger partial charge on any atom is -0.327 e. The molecule has 4 heteroatoms. The molecule has 0 aromatic heterocycles. The summed E-state index contributed by atoms with van der Waals surface area (Å²) in [6.45, 7) is 0. The smallest absolute Gasteiger partial charge is 0.320 e. The van der Waals surface area contributed by atoms with Crippen LogP contribution >= 0.6 is 0 Å². The second-order valence-corrected chi connectivity index (χ2v) is 4.17. The Hall–Kier alpha value is -2.36. The third-order valence-corrected chi connectivity index (χ3v) is 2.98. The Bertz CT molecular complexity index is 598. The standard InChI is InChI=1S/C14H11FN2O/c15-10-6-7-11-12(8-10)16-14(18)17-13(11)9-4-2-1-3-5-9/h1-8,13H,(H2,16,17,18). The van der Waals surface area contributed by atoms with Crippen molar-refractivity contribution in [3.63, 3.8) is 0 Å². The summed E-state index contributed by atoms with van der Waals surface area (Å²) in [7, 11) is 0. The molecule has 0 saturated heterocycles. The van der Waals surface area contributed by atoms with E-state index in [4.69, 9.17) is 0 Å². The van der Waals surface area contributed by atoms with Crippen molar-refractivity contribution in [3.05, 3.63) is 65.5 Å². The number of halogens is 1. The minimum absolute atomic E-state index is 0.240. The Morgan fingerprint density at radius 3 is 2.61 bits per heavy atom. The Kier molecular flexibility index (Phi) is 2.48. The van der Waals surface area contributed by atoms with E-state index >= 15 is 0 Å². The molecule has 1 atom stereocenters. The second kappa shape index (κ2) is 4.14. The van der Waals surface area contributed by atoms with Crippen molar-refractivity contribution in [2.45, 2.75) is 6.04 Å². The van der Waals surface area contributed by atoms with Gasteiger partial charge in [-0.2, -0.15) is 0 Å². The van der Waals surface area contributed by atoms with Crippen LogP contribution in [0.1, 0.15) is 17.2 Å². The summed E-state index contributed by atoms with van der Waals surface area (Å²) >= 11 is 0. The maximum Gasteiger partial charge on any atom is 0.320 e. The van der Waals surface area contributed by atoms with Crippen molar-refractivity contribution in [1.82, 2.24) is 5.32 Å². The fraction of sp³-hybridized carbons (Fsp3) is 0.0714. The van der Waals surface area contributed by atoms with E-state index in [1.165, 1.54) is 12.1 Å². The molecule has 0 radical (unpaired) electrons. The minimum atomic E-state index is -0.359. The van der Waals surface area contributed by atoms with Gasteiger partial charge >= 0.3 is 6.03 Å². The summed E-state index contributed by atoms with van der Waals surface area (Å²) in [5.74, 6) is -0.359. The molecule has 18 heavy (non-hydrogen) atoms. The van der Waals surface area contributed by atoms with E-state index in [1.807, 2.05) is 30.3 Å². The maximum atomic E-state index is 13.2. The molecule has 1 aliphatic heterocycles. The number of carbonyl (C=O) groups excluding carboxylic acids is 1. The molecule has 2 amide bonds. The quantitative estimate of drug-likeness (QED) is 0.792. The molecule has 2 aromatic rings. The van der Waals surface area contributed by atoms with Crippen LogP contribution in [0, 0.1) is 5.82 Å². The Morgan fingerprint density at radius 1 is 1.06 bits per heavy atom. The first kappa shape index (κ1) is 10.8. The number of amides is 2. The Balaban J connectivity index is 2.10. The van der Waals surface area contributed by atoms with Gasteiger partial charge in [0, 0.05) is 5.56 Å². The van der Waals surface area contributed by atoms with Crippen molar-refractivity contribution in [1.29, 1.82) is 0 Å². The number of fused-ring (bicyclic) bond motifs is 1. The highest BCUT2D eigenvalue weighted by atomic mass is 19.1. The fourth-order valence-electron chi connectivity index (χ4n) is 2.16. The zero-order chi connectivity index (χ0) is 12.5. The third-order valence-electron chi connectivity index (χ3n) is 2.98. The zero-order valence-corrected chi connectivity index (χ0v) is 9.48. The van der Waals surface area contributed by atoms with E-state index in [1.54, 1.807) is 6.07 Å². The highest BCUT2D eigenvalue weighted by Crippen LogP contribution is 2.31. The van der Waals surface area contributed by atoms with Crippen LogP contribution in [0.25, 0.3) is 0 Å². The van der Waals surface area contributed by atoms with E-state index in [0.29, 0.717) is 5.69 Å². The molecular formula is C14H11FN2O. The number of rotatable bonds is 1. The first-order valence-electron chi connectivity index (χ1n) is 5.66. The van der Waals surface area contributed by atoms with Gasteiger partial charge in [0.2, 0.25) is 0 Å². The van der Waals surface area contributed by atoms with Gasteiger partial charge in [0.15, 0.2) is 0 Å². The van der Waals surface area contributed by atoms with Crippen LogP contribution in [0.3, 0.4) is 0 Å². The van der Waals surface area contributed by atoms with E-state index in [2.05, 4.69) is 10.6 Å². The third kappa shape index (κ3) is 1.82. The lowest BCUT2D eigenvalue weighted by Gasteiger charge is -2.27. The van der Waals surface area contributed by atoms with Crippen LogP contribution in [0.5, 0.6) is 0 Å². The summed E-state index contributed by atoms with van der Waals surface area (Å²) in [6.07, 6.45) is 0. The Morgan fingerprint density at radius 2 is 1.83 bits per heavy atom. The van der Waals surface area contributed by atoms with E-state index < -0.39 is 0 Å². The molecule has 3 rings (SSSR count). The average Bonchev–Trinajstić information content (AvgIpc) is 2.38. The Labute approximate surface area is 104 Å². The van der Waals surface area contributed by atoms with Crippen LogP contribution in [0.15, 0.2) is 48.5 Å². The SMILES string of the molecule is O=C1Nc2cc(F)ccc2C(c2ccccc2)N1. The van der Waals surface area contributed by atoms with Gasteiger partial charge in [0.1, 0.15) is 5.82 Å². The number of anilines is 1. The molecule has 0 aliphatic carbocycles. The van der Waals surface area contributed by atoms with Gasteiger partial charge in [-0.1, -0.05) is 36.4 Å². The van der Waals surface area contributed by atoms with Crippen LogP contribution in [0.2, 0.25) is 0 Å². The first-order chi connectivity index (χ1) is 8.74. The monoisotopic (exact) mass is 242 g/mol. The molecule has 0 bridgehead atoms. The maximum absolute atomic E-state index is 13.2. The van der Waals surface area contributed by atoms with Crippen LogP contribution in [-0.2, 0) is 0 Å². The normalized spacial score (nSPS) is 17.6. The summed E-state index contributed by atoms with van der Waals surface area (Å²) in [5, 5.41) is 5.45. The van der Waals surface area contributed by atoms with Gasteiger partial charge in [-0.3, -0.25) is 0 Å². The van der Waals surface area contributed by atoms with Crippen molar-refractivity contribution >= 4 is 11.7 Å². The summed E-state index contributed by atoms with van der Waals surface area (Å²) in [5.41, 5.74) is 2.36. The number of urea groups is 1. The van der Waals surface area contributed by atoms with Gasteiger partial charge in [0.25, 0.3) is 0 Å². The molecule has 1 heterocycles. The number of benzene rings is 2. The summed E-state index contributed by atoms with van der Waals surface area (Å²) in [6, 6.07) is 13.5. The molecule has 0 spiro atoms. The second-order valence-electron chi connectivity index (χ2n) is 4.17. The molecule has 2 aromatic carbocycles. The lowest BCUT2D eigenvalue weighted by Crippen LogP contribution is -2.38. The van der Waals surface area contributed by atoms with Crippen molar-refractivity contribution < 1.29 is 9.18 Å². The van der Waals surface area contributed by atoms with Crippen LogP contribution in [0.4, 0.5) is 14.9 Å². The first-order valence-corrected chi connectivity index (χ1v) is 5.66. The lowest BCUT2D eigenvalue weighted by molar-refractivity contribution is 0.249. The predicted octanol–water partition coefficient (Wildman–Crippen LogP) is 3.05. The largest absolute Gasteiger partial charge is 0.327 e.